The normalized spacial score (nSPS) is 14.6. The molecule has 2 aliphatic heterocycles. The van der Waals surface area contributed by atoms with Gasteiger partial charge in [0, 0.05) is 75.9 Å². The maximum Gasteiger partial charge on any atom is 0.251 e. The Bertz CT molecular complexity index is 2450. The van der Waals surface area contributed by atoms with E-state index in [9.17, 15) is 19.2 Å². The van der Waals surface area contributed by atoms with Crippen LogP contribution >= 0.6 is 0 Å². The molecule has 5 aromatic rings. The fourth-order valence-corrected chi connectivity index (χ4v) is 8.23. The average molecular weight is 945 g/mol. The van der Waals surface area contributed by atoms with Gasteiger partial charge in [0.1, 0.15) is 17.8 Å². The first-order valence-corrected chi connectivity index (χ1v) is 24.0. The van der Waals surface area contributed by atoms with E-state index in [0.29, 0.717) is 109 Å². The molecule has 0 saturated carbocycles. The first kappa shape index (κ1) is 50.3. The zero-order valence-corrected chi connectivity index (χ0v) is 39.5. The van der Waals surface area contributed by atoms with Crippen molar-refractivity contribution in [1.82, 2.24) is 40.3 Å². The molecule has 1 saturated heterocycles. The van der Waals surface area contributed by atoms with Crippen molar-refractivity contribution in [3.63, 3.8) is 0 Å². The Morgan fingerprint density at radius 1 is 0.783 bits per heavy atom. The summed E-state index contributed by atoms with van der Waals surface area (Å²) < 4.78 is 25.0. The minimum absolute atomic E-state index is 0.0224. The van der Waals surface area contributed by atoms with E-state index in [0.717, 1.165) is 84.6 Å². The standard InChI is InChI=1S/C51H64N10O8/c1-60-46(58-59-49(60)44-21-22-52-36-55-44)33-53-40-15-10-13-38(31-40)50(64)54-32-37-12-9-16-41(30-37)69-25-8-3-2-6-23-66-26-28-68-29-27-67-24-7-4-5-18-47(62)56-43-17-11-14-39-34-61(35-42(39)43)45-19-20-48(63)57-51(45)65/h9-17,21-22,30-31,36,45,53H,2-8,18-20,23-29,32-35H2,1H3,(H,54,64)(H,56,62)(H,57,63,65). The minimum Gasteiger partial charge on any atom is -0.494 e. The number of aromatic nitrogens is 5. The van der Waals surface area contributed by atoms with Crippen molar-refractivity contribution in [2.24, 2.45) is 7.05 Å². The fourth-order valence-electron chi connectivity index (χ4n) is 8.23. The van der Waals surface area contributed by atoms with Crippen LogP contribution < -0.4 is 26.0 Å². The summed E-state index contributed by atoms with van der Waals surface area (Å²) in [5, 5.41) is 20.4. The Morgan fingerprint density at radius 3 is 2.32 bits per heavy atom. The number of anilines is 2. The molecule has 2 aromatic heterocycles. The molecule has 1 unspecified atom stereocenters. The van der Waals surface area contributed by atoms with Crippen LogP contribution in [0.15, 0.2) is 85.3 Å². The van der Waals surface area contributed by atoms with Gasteiger partial charge in [-0.05, 0) is 97.7 Å². The van der Waals surface area contributed by atoms with Crippen molar-refractivity contribution in [3.8, 4) is 17.3 Å². The van der Waals surface area contributed by atoms with Gasteiger partial charge in [-0.15, -0.1) is 10.2 Å². The summed E-state index contributed by atoms with van der Waals surface area (Å²) in [4.78, 5) is 60.0. The summed E-state index contributed by atoms with van der Waals surface area (Å²) in [7, 11) is 1.89. The molecule has 1 fully saturated rings. The lowest BCUT2D eigenvalue weighted by Crippen LogP contribution is -2.50. The molecule has 2 aliphatic rings. The monoisotopic (exact) mass is 944 g/mol. The molecule has 1 atom stereocenters. The molecule has 0 radical (unpaired) electrons. The van der Waals surface area contributed by atoms with Gasteiger partial charge in [-0.25, -0.2) is 9.97 Å². The largest absolute Gasteiger partial charge is 0.494 e. The number of imide groups is 1. The van der Waals surface area contributed by atoms with Crippen LogP contribution in [-0.2, 0) is 61.8 Å². The molecule has 0 aliphatic carbocycles. The topological polar surface area (TPSA) is 213 Å². The van der Waals surface area contributed by atoms with Crippen molar-refractivity contribution in [2.75, 3.05) is 56.9 Å². The van der Waals surface area contributed by atoms with Crippen molar-refractivity contribution >= 4 is 35.0 Å². The summed E-state index contributed by atoms with van der Waals surface area (Å²) in [6.07, 6.45) is 11.0. The summed E-state index contributed by atoms with van der Waals surface area (Å²) in [5.41, 5.74) is 5.91. The van der Waals surface area contributed by atoms with Gasteiger partial charge in [-0.2, -0.15) is 0 Å². The van der Waals surface area contributed by atoms with Crippen LogP contribution in [0.1, 0.15) is 97.1 Å². The number of ether oxygens (including phenoxy) is 4. The number of amides is 4. The molecule has 18 heteroatoms. The summed E-state index contributed by atoms with van der Waals surface area (Å²) in [6, 6.07) is 22.5. The maximum absolute atomic E-state index is 13.1. The van der Waals surface area contributed by atoms with Crippen LogP contribution in [0.25, 0.3) is 11.5 Å². The van der Waals surface area contributed by atoms with Crippen molar-refractivity contribution in [3.05, 3.63) is 113 Å². The second-order valence-electron chi connectivity index (χ2n) is 17.1. The van der Waals surface area contributed by atoms with Crippen LogP contribution in [0.2, 0.25) is 0 Å². The third-order valence-corrected chi connectivity index (χ3v) is 12.0. The van der Waals surface area contributed by atoms with E-state index in [1.165, 1.54) is 6.33 Å². The third-order valence-electron chi connectivity index (χ3n) is 12.0. The predicted octanol–water partition coefficient (Wildman–Crippen LogP) is 6.12. The van der Waals surface area contributed by atoms with Crippen LogP contribution in [0.3, 0.4) is 0 Å². The summed E-state index contributed by atoms with van der Waals surface area (Å²) >= 11 is 0. The Kier molecular flexibility index (Phi) is 19.5. The lowest BCUT2D eigenvalue weighted by molar-refractivity contribution is -0.137. The molecule has 69 heavy (non-hydrogen) atoms. The SMILES string of the molecule is Cn1c(CNc2cccc(C(=O)NCc3cccc(OCCCCCCOCCOCCOCCCCCC(=O)Nc4cccc5c4CN(C4CCC(=O)NC4=O)C5)c3)c2)nnc1-c1ccncn1. The number of carbonyl (C=O) groups is 4. The third kappa shape index (κ3) is 15.7. The molecule has 4 heterocycles. The molecule has 366 valence electrons. The highest BCUT2D eigenvalue weighted by molar-refractivity contribution is 6.00. The van der Waals surface area contributed by atoms with Gasteiger partial charge in [0.05, 0.1) is 45.6 Å². The van der Waals surface area contributed by atoms with Crippen LogP contribution in [0, 0.1) is 0 Å². The maximum atomic E-state index is 13.1. The van der Waals surface area contributed by atoms with Crippen LogP contribution in [0.4, 0.5) is 11.4 Å². The first-order chi connectivity index (χ1) is 33.8. The smallest absolute Gasteiger partial charge is 0.251 e. The summed E-state index contributed by atoms with van der Waals surface area (Å²) in [6.45, 7) is 6.03. The van der Waals surface area contributed by atoms with Crippen molar-refractivity contribution in [2.45, 2.75) is 96.4 Å². The molecule has 0 spiro atoms. The molecule has 3 aromatic carbocycles. The number of piperidine rings is 1. The number of benzene rings is 3. The highest BCUT2D eigenvalue weighted by Crippen LogP contribution is 2.32. The zero-order chi connectivity index (χ0) is 48.0. The van der Waals surface area contributed by atoms with E-state index in [4.69, 9.17) is 18.9 Å². The number of carbonyl (C=O) groups excluding carboxylic acids is 4. The van der Waals surface area contributed by atoms with E-state index in [1.807, 2.05) is 72.3 Å². The van der Waals surface area contributed by atoms with Gasteiger partial charge in [0.25, 0.3) is 5.91 Å². The Labute approximate surface area is 403 Å². The quantitative estimate of drug-likeness (QED) is 0.0314. The van der Waals surface area contributed by atoms with Crippen molar-refractivity contribution < 1.29 is 38.1 Å². The Hall–Kier alpha value is -6.60. The van der Waals surface area contributed by atoms with Gasteiger partial charge >= 0.3 is 0 Å². The molecule has 0 bridgehead atoms. The number of nitrogens with zero attached hydrogens (tertiary/aromatic N) is 6. The second kappa shape index (κ2) is 26.8. The van der Waals surface area contributed by atoms with E-state index >= 15 is 0 Å². The number of hydrogen-bond donors (Lipinski definition) is 4. The highest BCUT2D eigenvalue weighted by atomic mass is 16.5. The minimum atomic E-state index is -0.333. The van der Waals surface area contributed by atoms with E-state index < -0.39 is 0 Å². The average Bonchev–Trinajstić information content (AvgIpc) is 3.97. The summed E-state index contributed by atoms with van der Waals surface area (Å²) in [5.74, 6) is 1.50. The lowest BCUT2D eigenvalue weighted by atomic mass is 10.0. The molecule has 4 N–H and O–H groups in total. The van der Waals surface area contributed by atoms with Gasteiger partial charge in [-0.1, -0.05) is 43.2 Å². The molecular weight excluding hydrogens is 881 g/mol. The van der Waals surface area contributed by atoms with E-state index in [-0.39, 0.29) is 29.7 Å². The molecule has 4 amide bonds. The van der Waals surface area contributed by atoms with Crippen LogP contribution in [0.5, 0.6) is 5.75 Å². The highest BCUT2D eigenvalue weighted by Gasteiger charge is 2.35. The first-order valence-electron chi connectivity index (χ1n) is 24.0. The second-order valence-corrected chi connectivity index (χ2v) is 17.1. The van der Waals surface area contributed by atoms with Gasteiger partial charge < -0.3 is 39.5 Å². The van der Waals surface area contributed by atoms with Gasteiger partial charge in [0.15, 0.2) is 11.6 Å². The molecule has 18 nitrogen and oxygen atoms in total. The predicted molar refractivity (Wildman–Crippen MR) is 259 cm³/mol. The number of hydrogen-bond acceptors (Lipinski definition) is 14. The van der Waals surface area contributed by atoms with E-state index in [2.05, 4.69) is 46.3 Å². The number of rotatable bonds is 29. The van der Waals surface area contributed by atoms with Gasteiger partial charge in [-0.3, -0.25) is 29.4 Å². The number of unbranched alkanes of at least 4 members (excludes halogenated alkanes) is 5. The van der Waals surface area contributed by atoms with Gasteiger partial charge in [0.2, 0.25) is 17.7 Å². The lowest BCUT2D eigenvalue weighted by Gasteiger charge is -2.29. The number of nitrogens with one attached hydrogen (secondary N) is 4. The van der Waals surface area contributed by atoms with Crippen molar-refractivity contribution in [1.29, 1.82) is 0 Å². The Balaban J connectivity index is 0.643. The molecular formula is C51H64N10O8. The fraction of sp³-hybridized carbons (Fsp3) is 0.451. The zero-order valence-electron chi connectivity index (χ0n) is 39.5. The Morgan fingerprint density at radius 2 is 1.54 bits per heavy atom. The molecule has 7 rings (SSSR count). The number of fused-ring (bicyclic) bond motifs is 1. The van der Waals surface area contributed by atoms with Crippen LogP contribution in [-0.4, -0.2) is 106 Å². The van der Waals surface area contributed by atoms with E-state index in [1.54, 1.807) is 18.3 Å².